The maximum atomic E-state index is 5.26. The number of fused-ring (bicyclic) bond motifs is 8. The molecule has 252 valence electrons. The van der Waals surface area contributed by atoms with Gasteiger partial charge in [-0.15, -0.1) is 22.7 Å². The molecule has 0 unspecified atom stereocenters. The lowest BCUT2D eigenvalue weighted by Crippen LogP contribution is -1.96. The molecule has 0 atom stereocenters. The Morgan fingerprint density at radius 3 is 1.78 bits per heavy atom. The average molecular weight is 724 g/mol. The summed E-state index contributed by atoms with van der Waals surface area (Å²) in [6.07, 6.45) is 0. The van der Waals surface area contributed by atoms with Crippen LogP contribution in [0.1, 0.15) is 0 Å². The summed E-state index contributed by atoms with van der Waals surface area (Å²) < 4.78 is 5.05. The van der Waals surface area contributed by atoms with Crippen LogP contribution in [-0.4, -0.2) is 15.0 Å². The summed E-state index contributed by atoms with van der Waals surface area (Å²) in [5, 5.41) is 6.23. The molecule has 0 spiro atoms. The first-order chi connectivity index (χ1) is 26.7. The summed E-state index contributed by atoms with van der Waals surface area (Å²) in [7, 11) is 0. The van der Waals surface area contributed by atoms with E-state index in [4.69, 9.17) is 15.0 Å². The molecule has 0 radical (unpaired) electrons. The number of hydrogen-bond donors (Lipinski definition) is 0. The Hall–Kier alpha value is -6.53. The van der Waals surface area contributed by atoms with Crippen molar-refractivity contribution in [3.8, 4) is 56.3 Å². The van der Waals surface area contributed by atoms with E-state index in [-0.39, 0.29) is 0 Å². The molecule has 0 bridgehead atoms. The van der Waals surface area contributed by atoms with Crippen LogP contribution in [0.5, 0.6) is 0 Å². The number of rotatable bonds is 5. The van der Waals surface area contributed by atoms with Crippen molar-refractivity contribution in [2.75, 3.05) is 0 Å². The second kappa shape index (κ2) is 12.6. The maximum Gasteiger partial charge on any atom is 0.160 e. The number of benzene rings is 7. The molecule has 4 heterocycles. The molecule has 0 saturated carbocycles. The van der Waals surface area contributed by atoms with Crippen molar-refractivity contribution in [1.82, 2.24) is 15.0 Å². The minimum absolute atomic E-state index is 0.703. The molecule has 0 fully saturated rings. The highest BCUT2D eigenvalue weighted by molar-refractivity contribution is 7.26. The molecule has 3 nitrogen and oxygen atoms in total. The molecule has 11 rings (SSSR count). The summed E-state index contributed by atoms with van der Waals surface area (Å²) >= 11 is 3.67. The van der Waals surface area contributed by atoms with Crippen LogP contribution < -0.4 is 0 Å². The lowest BCUT2D eigenvalue weighted by atomic mass is 10.0. The third kappa shape index (κ3) is 5.12. The first kappa shape index (κ1) is 31.0. The van der Waals surface area contributed by atoms with Gasteiger partial charge >= 0.3 is 0 Å². The molecule has 0 aliphatic heterocycles. The van der Waals surface area contributed by atoms with Crippen LogP contribution in [0.2, 0.25) is 0 Å². The molecule has 5 heteroatoms. The molecule has 0 N–H and O–H groups in total. The van der Waals surface area contributed by atoms with Crippen molar-refractivity contribution in [2.24, 2.45) is 0 Å². The van der Waals surface area contributed by atoms with Crippen LogP contribution in [0.25, 0.3) is 108 Å². The maximum absolute atomic E-state index is 5.26. The van der Waals surface area contributed by atoms with Crippen molar-refractivity contribution < 1.29 is 0 Å². The Bertz CT molecular complexity index is 3200. The van der Waals surface area contributed by atoms with Crippen molar-refractivity contribution >= 4 is 73.9 Å². The zero-order valence-corrected chi connectivity index (χ0v) is 30.5. The van der Waals surface area contributed by atoms with E-state index in [1.54, 1.807) is 0 Å². The van der Waals surface area contributed by atoms with Gasteiger partial charge in [0, 0.05) is 63.3 Å². The van der Waals surface area contributed by atoms with Crippen molar-refractivity contribution in [3.63, 3.8) is 0 Å². The number of para-hydroxylation sites is 1. The Morgan fingerprint density at radius 1 is 0.352 bits per heavy atom. The Kier molecular flexibility index (Phi) is 7.22. The minimum Gasteiger partial charge on any atom is -0.246 e. The topological polar surface area (TPSA) is 38.7 Å². The predicted molar refractivity (Wildman–Crippen MR) is 230 cm³/mol. The van der Waals surface area contributed by atoms with Crippen LogP contribution in [0.3, 0.4) is 0 Å². The van der Waals surface area contributed by atoms with Crippen LogP contribution in [0.15, 0.2) is 176 Å². The van der Waals surface area contributed by atoms with Gasteiger partial charge in [0.25, 0.3) is 0 Å². The van der Waals surface area contributed by atoms with E-state index in [1.165, 1.54) is 51.5 Å². The number of thiophene rings is 2. The highest BCUT2D eigenvalue weighted by Gasteiger charge is 2.18. The largest absolute Gasteiger partial charge is 0.246 e. The number of pyridine rings is 1. The lowest BCUT2D eigenvalue weighted by Gasteiger charge is -2.11. The third-order valence-corrected chi connectivity index (χ3v) is 12.7. The zero-order valence-electron chi connectivity index (χ0n) is 28.9. The Morgan fingerprint density at radius 2 is 0.963 bits per heavy atom. The second-order valence-electron chi connectivity index (χ2n) is 13.5. The molecular weight excluding hydrogens is 695 g/mol. The van der Waals surface area contributed by atoms with E-state index in [1.807, 2.05) is 28.7 Å². The molecule has 7 aromatic carbocycles. The summed E-state index contributed by atoms with van der Waals surface area (Å²) in [5.41, 5.74) is 10.4. The fourth-order valence-electron chi connectivity index (χ4n) is 7.69. The number of aromatic nitrogens is 3. The second-order valence-corrected chi connectivity index (χ2v) is 15.7. The van der Waals surface area contributed by atoms with Crippen molar-refractivity contribution in [1.29, 1.82) is 0 Å². The van der Waals surface area contributed by atoms with E-state index in [9.17, 15) is 0 Å². The average Bonchev–Trinajstić information content (AvgIpc) is 3.83. The monoisotopic (exact) mass is 723 g/mol. The fourth-order valence-corrected chi connectivity index (χ4v) is 10.1. The normalized spacial score (nSPS) is 11.7. The van der Waals surface area contributed by atoms with Gasteiger partial charge in [0.2, 0.25) is 0 Å². The predicted octanol–water partition coefficient (Wildman–Crippen LogP) is 14.1. The summed E-state index contributed by atoms with van der Waals surface area (Å²) in [5.74, 6) is 0.703. The summed E-state index contributed by atoms with van der Waals surface area (Å²) in [4.78, 5) is 15.6. The number of nitrogens with zero attached hydrogens (tertiary/aromatic N) is 3. The van der Waals surface area contributed by atoms with Gasteiger partial charge in [-0.2, -0.15) is 0 Å². The molecular formula is C49H29N3S2. The Labute approximate surface area is 319 Å². The van der Waals surface area contributed by atoms with Gasteiger partial charge in [0.05, 0.1) is 27.3 Å². The highest BCUT2D eigenvalue weighted by atomic mass is 32.1. The third-order valence-electron chi connectivity index (χ3n) is 10.3. The standard InChI is InChI=1S/C49H29N3S2/c1-3-12-31(13-4-1)41-29-42(52-49(51-41)33-24-22-30(23-25-33)35-18-11-19-37-36-16-8-10-21-43(36)53-47(35)37)34-26-27-44-39(28-34)45-38-17-7-9-20-40(38)50-46(48(45)54-44)32-14-5-2-6-15-32/h1-29H. The van der Waals surface area contributed by atoms with Gasteiger partial charge in [0.15, 0.2) is 5.82 Å². The SMILES string of the molecule is c1ccc(-c2cc(-c3ccc4sc5c(-c6ccccc6)nc6ccccc6c5c4c3)nc(-c3ccc(-c4cccc5c4sc4ccccc45)cc3)n2)cc1. The van der Waals surface area contributed by atoms with E-state index >= 15 is 0 Å². The van der Waals surface area contributed by atoms with E-state index in [2.05, 4.69) is 170 Å². The van der Waals surface area contributed by atoms with E-state index in [0.717, 1.165) is 50.2 Å². The highest BCUT2D eigenvalue weighted by Crippen LogP contribution is 2.44. The van der Waals surface area contributed by atoms with Gasteiger partial charge in [0.1, 0.15) is 0 Å². The first-order valence-corrected chi connectivity index (χ1v) is 19.6. The summed E-state index contributed by atoms with van der Waals surface area (Å²) in [6.45, 7) is 0. The van der Waals surface area contributed by atoms with E-state index < -0.39 is 0 Å². The molecule has 11 aromatic rings. The van der Waals surface area contributed by atoms with Gasteiger partial charge in [-0.25, -0.2) is 15.0 Å². The van der Waals surface area contributed by atoms with Gasteiger partial charge in [-0.05, 0) is 41.5 Å². The molecule has 0 saturated heterocycles. The van der Waals surface area contributed by atoms with Crippen molar-refractivity contribution in [2.45, 2.75) is 0 Å². The molecule has 0 amide bonds. The van der Waals surface area contributed by atoms with Crippen LogP contribution in [0.4, 0.5) is 0 Å². The number of hydrogen-bond acceptors (Lipinski definition) is 5. The zero-order chi connectivity index (χ0) is 35.6. The van der Waals surface area contributed by atoms with Gasteiger partial charge in [-0.1, -0.05) is 146 Å². The minimum atomic E-state index is 0.703. The first-order valence-electron chi connectivity index (χ1n) is 18.0. The molecule has 4 aromatic heterocycles. The smallest absolute Gasteiger partial charge is 0.160 e. The van der Waals surface area contributed by atoms with Crippen LogP contribution in [-0.2, 0) is 0 Å². The lowest BCUT2D eigenvalue weighted by molar-refractivity contribution is 1.18. The Balaban J connectivity index is 1.07. The quantitative estimate of drug-likeness (QED) is 0.177. The van der Waals surface area contributed by atoms with Crippen LogP contribution >= 0.6 is 22.7 Å². The fraction of sp³-hybridized carbons (Fsp3) is 0. The van der Waals surface area contributed by atoms with Crippen LogP contribution in [0, 0.1) is 0 Å². The molecule has 54 heavy (non-hydrogen) atoms. The van der Waals surface area contributed by atoms with E-state index in [0.29, 0.717) is 5.82 Å². The molecule has 0 aliphatic carbocycles. The van der Waals surface area contributed by atoms with Crippen molar-refractivity contribution in [3.05, 3.63) is 176 Å². The summed E-state index contributed by atoms with van der Waals surface area (Å²) in [6, 6.07) is 62.3. The molecule has 0 aliphatic rings. The van der Waals surface area contributed by atoms with Gasteiger partial charge in [-0.3, -0.25) is 0 Å². The van der Waals surface area contributed by atoms with Gasteiger partial charge < -0.3 is 0 Å².